The van der Waals surface area contributed by atoms with Gasteiger partial charge >= 0.3 is 5.69 Å². The Kier molecular flexibility index (Phi) is 4.97. The van der Waals surface area contributed by atoms with E-state index in [1.165, 1.54) is 16.8 Å². The van der Waals surface area contributed by atoms with Gasteiger partial charge < -0.3 is 14.9 Å². The molecule has 2 rings (SSSR count). The molecule has 1 aliphatic heterocycles. The van der Waals surface area contributed by atoms with Crippen molar-refractivity contribution in [3.63, 3.8) is 0 Å². The molecule has 1 saturated heterocycles. The van der Waals surface area contributed by atoms with Gasteiger partial charge in [0.1, 0.15) is 12.3 Å². The molecule has 0 spiro atoms. The van der Waals surface area contributed by atoms with Crippen molar-refractivity contribution < 1.29 is 14.9 Å². The Labute approximate surface area is 130 Å². The quantitative estimate of drug-likeness (QED) is 0.662. The summed E-state index contributed by atoms with van der Waals surface area (Å²) in [5.41, 5.74) is -0.910. The van der Waals surface area contributed by atoms with Crippen molar-refractivity contribution in [2.24, 2.45) is 0 Å². The minimum absolute atomic E-state index is 0.163. The van der Waals surface area contributed by atoms with E-state index >= 15 is 0 Å². The van der Waals surface area contributed by atoms with Gasteiger partial charge in [0.05, 0.1) is 21.7 Å². The smallest absolute Gasteiger partial charge is 0.330 e. The fourth-order valence-corrected chi connectivity index (χ4v) is 2.48. The number of aliphatic hydroxyl groups is 2. The minimum Gasteiger partial charge on any atom is -0.394 e. The third-order valence-corrected chi connectivity index (χ3v) is 3.41. The van der Waals surface area contributed by atoms with Gasteiger partial charge in [-0.1, -0.05) is 0 Å². The Morgan fingerprint density at radius 2 is 2.25 bits per heavy atom. The van der Waals surface area contributed by atoms with Gasteiger partial charge in [-0.3, -0.25) is 14.3 Å². The molecule has 0 radical (unpaired) electrons. The molecular formula is C11H12Br2N2O5. The molecule has 1 fully saturated rings. The van der Waals surface area contributed by atoms with Crippen LogP contribution in [0.15, 0.2) is 19.2 Å². The van der Waals surface area contributed by atoms with E-state index in [0.29, 0.717) is 3.39 Å². The molecule has 110 valence electrons. The van der Waals surface area contributed by atoms with E-state index in [9.17, 15) is 14.7 Å². The summed E-state index contributed by atoms with van der Waals surface area (Å²) < 4.78 is 7.12. The summed E-state index contributed by atoms with van der Waals surface area (Å²) >= 11 is 6.27. The molecule has 1 aromatic heterocycles. The molecule has 20 heavy (non-hydrogen) atoms. The minimum atomic E-state index is -0.856. The van der Waals surface area contributed by atoms with Crippen molar-refractivity contribution in [2.75, 3.05) is 6.61 Å². The number of ether oxygens (including phenoxy) is 1. The fraction of sp³-hybridized carbons (Fsp3) is 0.455. The first kappa shape index (κ1) is 15.6. The third kappa shape index (κ3) is 3.29. The molecule has 0 aliphatic carbocycles. The second-order valence-electron chi connectivity index (χ2n) is 4.30. The number of halogens is 2. The lowest BCUT2D eigenvalue weighted by Gasteiger charge is -2.14. The van der Waals surface area contributed by atoms with E-state index in [1.54, 1.807) is 0 Å². The largest absolute Gasteiger partial charge is 0.394 e. The van der Waals surface area contributed by atoms with Crippen LogP contribution in [0.25, 0.3) is 6.08 Å². The molecule has 1 unspecified atom stereocenters. The molecular weight excluding hydrogens is 400 g/mol. The van der Waals surface area contributed by atoms with Crippen molar-refractivity contribution in [1.29, 1.82) is 0 Å². The molecule has 0 amide bonds. The van der Waals surface area contributed by atoms with Crippen LogP contribution in [0.4, 0.5) is 0 Å². The molecule has 3 N–H and O–H groups in total. The summed E-state index contributed by atoms with van der Waals surface area (Å²) in [5.74, 6) is 0. The maximum atomic E-state index is 11.8. The molecule has 1 aromatic rings. The lowest BCUT2D eigenvalue weighted by Crippen LogP contribution is -2.33. The molecule has 0 bridgehead atoms. The topological polar surface area (TPSA) is 105 Å². The number of nitrogens with zero attached hydrogens (tertiary/aromatic N) is 1. The second kappa shape index (κ2) is 6.35. The van der Waals surface area contributed by atoms with Gasteiger partial charge in [-0.2, -0.15) is 0 Å². The number of aliphatic hydroxyl groups excluding tert-OH is 2. The van der Waals surface area contributed by atoms with Crippen LogP contribution < -0.4 is 11.2 Å². The van der Waals surface area contributed by atoms with Crippen molar-refractivity contribution in [2.45, 2.75) is 24.9 Å². The second-order valence-corrected chi connectivity index (χ2v) is 7.07. The SMILES string of the molecule is O=c1[nH]c(=O)n([C@@H]2CC(O)[C@H](CO)O2)cc1C=C(Br)Br. The first-order valence-corrected chi connectivity index (χ1v) is 7.33. The number of hydrogen-bond donors (Lipinski definition) is 3. The van der Waals surface area contributed by atoms with E-state index in [1.807, 2.05) is 0 Å². The summed E-state index contributed by atoms with van der Waals surface area (Å²) in [6, 6.07) is 0. The van der Waals surface area contributed by atoms with Crippen LogP contribution in [0, 0.1) is 0 Å². The molecule has 0 aromatic carbocycles. The van der Waals surface area contributed by atoms with Crippen LogP contribution >= 0.6 is 31.9 Å². The van der Waals surface area contributed by atoms with Gasteiger partial charge in [0.15, 0.2) is 0 Å². The highest BCUT2D eigenvalue weighted by atomic mass is 79.9. The highest BCUT2D eigenvalue weighted by Crippen LogP contribution is 2.27. The third-order valence-electron chi connectivity index (χ3n) is 2.95. The monoisotopic (exact) mass is 410 g/mol. The van der Waals surface area contributed by atoms with Crippen LogP contribution in [-0.4, -0.2) is 38.6 Å². The maximum absolute atomic E-state index is 11.8. The lowest BCUT2D eigenvalue weighted by atomic mass is 10.2. The standard InChI is InChI=1S/C11H12Br2N2O5/c12-8(13)1-5-3-15(11(19)14-10(5)18)9-2-6(17)7(4-16)20-9/h1,3,6-7,9,16-17H,2,4H2,(H,14,18,19)/t6?,7-,9-/m0/s1. The zero-order chi connectivity index (χ0) is 14.9. The number of hydrogen-bond acceptors (Lipinski definition) is 5. The first-order valence-electron chi connectivity index (χ1n) is 5.75. The normalized spacial score (nSPS) is 25.7. The molecule has 3 atom stereocenters. The van der Waals surface area contributed by atoms with Gasteiger partial charge in [-0.05, 0) is 37.9 Å². The van der Waals surface area contributed by atoms with Gasteiger partial charge in [0.25, 0.3) is 5.56 Å². The average Bonchev–Trinajstić information content (AvgIpc) is 2.73. The zero-order valence-electron chi connectivity index (χ0n) is 10.1. The van der Waals surface area contributed by atoms with Crippen LogP contribution in [-0.2, 0) is 4.74 Å². The van der Waals surface area contributed by atoms with Gasteiger partial charge in [0.2, 0.25) is 0 Å². The van der Waals surface area contributed by atoms with Crippen LogP contribution in [0.1, 0.15) is 18.2 Å². The number of H-pyrrole nitrogens is 1. The summed E-state index contributed by atoms with van der Waals surface area (Å²) in [7, 11) is 0. The molecule has 1 aliphatic rings. The van der Waals surface area contributed by atoms with Gasteiger partial charge in [-0.15, -0.1) is 0 Å². The van der Waals surface area contributed by atoms with Crippen molar-refractivity contribution in [1.82, 2.24) is 9.55 Å². The lowest BCUT2D eigenvalue weighted by molar-refractivity contribution is -0.0459. The Bertz CT molecular complexity index is 634. The molecule has 9 heteroatoms. The van der Waals surface area contributed by atoms with Gasteiger partial charge in [-0.25, -0.2) is 4.79 Å². The number of aromatic amines is 1. The fourth-order valence-electron chi connectivity index (χ4n) is 1.99. The van der Waals surface area contributed by atoms with Gasteiger partial charge in [0, 0.05) is 12.6 Å². The summed E-state index contributed by atoms with van der Waals surface area (Å²) in [6.07, 6.45) is 0.680. The highest BCUT2D eigenvalue weighted by Gasteiger charge is 2.35. The summed E-state index contributed by atoms with van der Waals surface area (Å²) in [6.45, 7) is -0.338. The van der Waals surface area contributed by atoms with Crippen LogP contribution in [0.2, 0.25) is 0 Å². The molecule has 0 saturated carbocycles. The van der Waals surface area contributed by atoms with Crippen molar-refractivity contribution in [3.8, 4) is 0 Å². The maximum Gasteiger partial charge on any atom is 0.330 e. The number of aromatic nitrogens is 2. The van der Waals surface area contributed by atoms with Crippen LogP contribution in [0.3, 0.4) is 0 Å². The summed E-state index contributed by atoms with van der Waals surface area (Å²) in [4.78, 5) is 25.6. The van der Waals surface area contributed by atoms with Crippen molar-refractivity contribution >= 4 is 37.9 Å². The van der Waals surface area contributed by atoms with E-state index < -0.39 is 29.7 Å². The Hall–Kier alpha value is -0.740. The molecule has 7 nitrogen and oxygen atoms in total. The van der Waals surface area contributed by atoms with E-state index in [0.717, 1.165) is 0 Å². The predicted molar refractivity (Wildman–Crippen MR) is 78.8 cm³/mol. The first-order chi connectivity index (χ1) is 9.42. The number of nitrogens with one attached hydrogen (secondary N) is 1. The Balaban J connectivity index is 2.40. The zero-order valence-corrected chi connectivity index (χ0v) is 13.3. The van der Waals surface area contributed by atoms with E-state index in [4.69, 9.17) is 9.84 Å². The Morgan fingerprint density at radius 3 is 2.80 bits per heavy atom. The van der Waals surface area contributed by atoms with Crippen LogP contribution in [0.5, 0.6) is 0 Å². The molecule has 2 heterocycles. The summed E-state index contributed by atoms with van der Waals surface area (Å²) in [5, 5.41) is 18.7. The van der Waals surface area contributed by atoms with E-state index in [-0.39, 0.29) is 18.6 Å². The van der Waals surface area contributed by atoms with E-state index in [2.05, 4.69) is 36.8 Å². The predicted octanol–water partition coefficient (Wildman–Crippen LogP) is 0.266. The highest BCUT2D eigenvalue weighted by molar-refractivity contribution is 9.28. The van der Waals surface area contributed by atoms with Crippen molar-refractivity contribution in [3.05, 3.63) is 36.0 Å². The number of rotatable bonds is 3. The Morgan fingerprint density at radius 1 is 1.55 bits per heavy atom. The average molecular weight is 412 g/mol.